The number of aryl methyl sites for hydroxylation is 1. The molecule has 4 nitrogen and oxygen atoms in total. The molecule has 1 aromatic heterocycles. The Morgan fingerprint density at radius 1 is 1.20 bits per heavy atom. The summed E-state index contributed by atoms with van der Waals surface area (Å²) in [4.78, 5) is 16.3. The van der Waals surface area contributed by atoms with Gasteiger partial charge >= 0.3 is 0 Å². The van der Waals surface area contributed by atoms with Gasteiger partial charge in [0.05, 0.1) is 11.9 Å². The lowest BCUT2D eigenvalue weighted by Crippen LogP contribution is -2.14. The highest BCUT2D eigenvalue weighted by Crippen LogP contribution is 2.27. The second-order valence-electron chi connectivity index (χ2n) is 5.30. The van der Waals surface area contributed by atoms with Crippen LogP contribution in [-0.2, 0) is 4.79 Å². The molecule has 1 N–H and O–H groups in total. The Balaban J connectivity index is 1.57. The fraction of sp³-hybridized carbons (Fsp3) is 0.111. The number of nitrogens with one attached hydrogen (secondary N) is 1. The predicted octanol–water partition coefficient (Wildman–Crippen LogP) is 5.91. The maximum Gasteiger partial charge on any atom is 0.256 e. The van der Waals surface area contributed by atoms with Crippen LogP contribution in [0.3, 0.4) is 0 Å². The molecule has 25 heavy (non-hydrogen) atoms. The summed E-state index contributed by atoms with van der Waals surface area (Å²) in [5, 5.41) is 3.34. The summed E-state index contributed by atoms with van der Waals surface area (Å²) < 4.78 is 7.71. The van der Waals surface area contributed by atoms with Crippen molar-refractivity contribution in [3.8, 4) is 11.3 Å². The number of oxazole rings is 1. The topological polar surface area (TPSA) is 55.1 Å². The van der Waals surface area contributed by atoms with Gasteiger partial charge in [0, 0.05) is 20.2 Å². The van der Waals surface area contributed by atoms with Crippen LogP contribution in [0.2, 0.25) is 0 Å². The van der Waals surface area contributed by atoms with E-state index in [2.05, 4.69) is 42.2 Å². The number of hydrogen-bond donors (Lipinski definition) is 1. The standard InChI is InChI=1S/C18H14Br2N2O2S/c1-11-8-14(6-7-15(11)20)22-17(23)10-25-18-21-9-16(24-18)12-2-4-13(19)5-3-12/h2-9H,10H2,1H3,(H,22,23). The molecule has 0 unspecified atom stereocenters. The summed E-state index contributed by atoms with van der Waals surface area (Å²) >= 11 is 8.11. The Bertz CT molecular complexity index is 894. The van der Waals surface area contributed by atoms with Crippen LogP contribution in [0.25, 0.3) is 11.3 Å². The van der Waals surface area contributed by atoms with Crippen LogP contribution < -0.4 is 5.32 Å². The smallest absolute Gasteiger partial charge is 0.256 e. The maximum absolute atomic E-state index is 12.1. The molecule has 0 saturated carbocycles. The van der Waals surface area contributed by atoms with E-state index in [-0.39, 0.29) is 11.7 Å². The van der Waals surface area contributed by atoms with Gasteiger partial charge in [-0.3, -0.25) is 4.79 Å². The fourth-order valence-corrected chi connectivity index (χ4v) is 3.23. The molecule has 7 heteroatoms. The number of nitrogens with zero attached hydrogens (tertiary/aromatic N) is 1. The first-order valence-electron chi connectivity index (χ1n) is 7.42. The third-order valence-corrected chi connectivity index (χ3v) is 5.64. The summed E-state index contributed by atoms with van der Waals surface area (Å²) in [6, 6.07) is 13.5. The Kier molecular flexibility index (Phi) is 5.98. The highest BCUT2D eigenvalue weighted by atomic mass is 79.9. The largest absolute Gasteiger partial charge is 0.431 e. The van der Waals surface area contributed by atoms with Crippen LogP contribution in [-0.4, -0.2) is 16.6 Å². The minimum absolute atomic E-state index is 0.102. The van der Waals surface area contributed by atoms with Crippen LogP contribution >= 0.6 is 43.6 Å². The number of amides is 1. The van der Waals surface area contributed by atoms with E-state index in [0.717, 1.165) is 25.8 Å². The van der Waals surface area contributed by atoms with Gasteiger partial charge in [0.15, 0.2) is 5.76 Å². The Labute approximate surface area is 166 Å². The Morgan fingerprint density at radius 3 is 2.68 bits per heavy atom. The van der Waals surface area contributed by atoms with E-state index in [1.807, 2.05) is 49.4 Å². The number of halogens is 2. The molecule has 3 aromatic rings. The Morgan fingerprint density at radius 2 is 1.96 bits per heavy atom. The van der Waals surface area contributed by atoms with E-state index < -0.39 is 0 Å². The van der Waals surface area contributed by atoms with E-state index in [4.69, 9.17) is 4.42 Å². The molecule has 0 atom stereocenters. The quantitative estimate of drug-likeness (QED) is 0.460. The zero-order valence-corrected chi connectivity index (χ0v) is 17.2. The first-order chi connectivity index (χ1) is 12.0. The molecule has 0 radical (unpaired) electrons. The van der Waals surface area contributed by atoms with Crippen LogP contribution in [0.15, 0.2) is 67.2 Å². The minimum Gasteiger partial charge on any atom is -0.431 e. The van der Waals surface area contributed by atoms with Crippen molar-refractivity contribution in [3.63, 3.8) is 0 Å². The van der Waals surface area contributed by atoms with Crippen molar-refractivity contribution in [2.75, 3.05) is 11.1 Å². The first kappa shape index (κ1) is 18.2. The van der Waals surface area contributed by atoms with Crippen LogP contribution in [0.1, 0.15) is 5.56 Å². The van der Waals surface area contributed by atoms with Gasteiger partial charge in [0.25, 0.3) is 5.22 Å². The summed E-state index contributed by atoms with van der Waals surface area (Å²) in [6.07, 6.45) is 1.67. The van der Waals surface area contributed by atoms with Crippen molar-refractivity contribution < 1.29 is 9.21 Å². The molecule has 1 heterocycles. The number of hydrogen-bond acceptors (Lipinski definition) is 4. The van der Waals surface area contributed by atoms with Gasteiger partial charge in [-0.1, -0.05) is 55.8 Å². The lowest BCUT2D eigenvalue weighted by atomic mass is 10.2. The number of rotatable bonds is 5. The number of benzene rings is 2. The van der Waals surface area contributed by atoms with E-state index in [1.54, 1.807) is 6.20 Å². The highest BCUT2D eigenvalue weighted by Gasteiger charge is 2.10. The number of carbonyl (C=O) groups excluding carboxylic acids is 1. The predicted molar refractivity (Wildman–Crippen MR) is 108 cm³/mol. The average molecular weight is 482 g/mol. The van der Waals surface area contributed by atoms with Crippen LogP contribution in [0.4, 0.5) is 5.69 Å². The lowest BCUT2D eigenvalue weighted by Gasteiger charge is -2.06. The van der Waals surface area contributed by atoms with E-state index in [1.165, 1.54) is 11.8 Å². The van der Waals surface area contributed by atoms with E-state index in [0.29, 0.717) is 11.0 Å². The molecule has 1 amide bonds. The first-order valence-corrected chi connectivity index (χ1v) is 9.99. The molecular formula is C18H14Br2N2O2S. The van der Waals surface area contributed by atoms with Gasteiger partial charge < -0.3 is 9.73 Å². The van der Waals surface area contributed by atoms with Gasteiger partial charge in [-0.2, -0.15) is 0 Å². The third-order valence-electron chi connectivity index (χ3n) is 3.38. The average Bonchev–Trinajstić information content (AvgIpc) is 3.06. The summed E-state index contributed by atoms with van der Waals surface area (Å²) in [5.74, 6) is 0.809. The van der Waals surface area contributed by atoms with Crippen molar-refractivity contribution in [2.24, 2.45) is 0 Å². The SMILES string of the molecule is Cc1cc(NC(=O)CSc2ncc(-c3ccc(Br)cc3)o2)ccc1Br. The summed E-state index contributed by atoms with van der Waals surface area (Å²) in [5.41, 5.74) is 2.78. The number of thioether (sulfide) groups is 1. The Hall–Kier alpha value is -1.57. The number of aromatic nitrogens is 1. The highest BCUT2D eigenvalue weighted by molar-refractivity contribution is 9.10. The number of anilines is 1. The molecule has 0 aliphatic heterocycles. The van der Waals surface area contributed by atoms with E-state index in [9.17, 15) is 4.79 Å². The molecule has 128 valence electrons. The molecule has 0 spiro atoms. The molecule has 0 fully saturated rings. The zero-order valence-electron chi connectivity index (χ0n) is 13.3. The molecule has 0 aliphatic rings. The number of carbonyl (C=O) groups is 1. The van der Waals surface area contributed by atoms with Crippen molar-refractivity contribution >= 4 is 55.2 Å². The van der Waals surface area contributed by atoms with E-state index >= 15 is 0 Å². The third kappa shape index (κ3) is 4.96. The van der Waals surface area contributed by atoms with Crippen molar-refractivity contribution in [3.05, 3.63) is 63.2 Å². The fourth-order valence-electron chi connectivity index (χ4n) is 2.12. The van der Waals surface area contributed by atoms with Gasteiger partial charge in [0.1, 0.15) is 0 Å². The van der Waals surface area contributed by atoms with Gasteiger partial charge in [-0.25, -0.2) is 4.98 Å². The van der Waals surface area contributed by atoms with Gasteiger partial charge in [0.2, 0.25) is 5.91 Å². The van der Waals surface area contributed by atoms with Gasteiger partial charge in [-0.15, -0.1) is 0 Å². The second kappa shape index (κ2) is 8.21. The summed E-state index contributed by atoms with van der Waals surface area (Å²) in [7, 11) is 0. The zero-order chi connectivity index (χ0) is 17.8. The molecular weight excluding hydrogens is 468 g/mol. The van der Waals surface area contributed by atoms with Crippen molar-refractivity contribution in [2.45, 2.75) is 12.1 Å². The van der Waals surface area contributed by atoms with Crippen molar-refractivity contribution in [1.29, 1.82) is 0 Å². The maximum atomic E-state index is 12.1. The minimum atomic E-state index is -0.102. The lowest BCUT2D eigenvalue weighted by molar-refractivity contribution is -0.113. The molecule has 0 saturated heterocycles. The molecule has 3 rings (SSSR count). The summed E-state index contributed by atoms with van der Waals surface area (Å²) in [6.45, 7) is 1.98. The molecule has 2 aromatic carbocycles. The normalized spacial score (nSPS) is 10.7. The molecule has 0 bridgehead atoms. The van der Waals surface area contributed by atoms with Crippen LogP contribution in [0, 0.1) is 6.92 Å². The van der Waals surface area contributed by atoms with Gasteiger partial charge in [-0.05, 0) is 42.8 Å². The van der Waals surface area contributed by atoms with Crippen molar-refractivity contribution in [1.82, 2.24) is 4.98 Å². The monoisotopic (exact) mass is 480 g/mol. The second-order valence-corrected chi connectivity index (χ2v) is 7.99. The van der Waals surface area contributed by atoms with Crippen LogP contribution in [0.5, 0.6) is 0 Å². The molecule has 0 aliphatic carbocycles.